The van der Waals surface area contributed by atoms with Crippen molar-refractivity contribution in [1.82, 2.24) is 0 Å². The smallest absolute Gasteiger partial charge is 0.181 e. The van der Waals surface area contributed by atoms with Crippen LogP contribution in [0.4, 0.5) is 0 Å². The molecule has 3 aromatic heterocycles. The van der Waals surface area contributed by atoms with Crippen molar-refractivity contribution in [1.29, 1.82) is 0 Å². The maximum atomic E-state index is 10.2. The molecule has 0 bridgehead atoms. The molecule has 0 spiro atoms. The molecule has 3 aliphatic rings. The standard InChI is InChI=1S/C28H26O8S4/c1-28(14-37-9-15-8-16(29)2-3-17(15)30)12-35-22-23(36-13-28)27(25-21-19(11-39-25)32-5-7-34-21)40-26(22)24-20-18(10-38-24)31-4-6-33-20/h2-3,8,10-11,29-30H,4-7,9,12-14H2,1H3. The maximum Gasteiger partial charge on any atom is 0.181 e. The van der Waals surface area contributed by atoms with E-state index in [1.165, 1.54) is 12.1 Å². The summed E-state index contributed by atoms with van der Waals surface area (Å²) in [5.74, 6) is 6.03. The number of fused-ring (bicyclic) bond motifs is 3. The number of rotatable bonds is 6. The number of benzene rings is 1. The van der Waals surface area contributed by atoms with Crippen LogP contribution in [0.25, 0.3) is 19.5 Å². The summed E-state index contributed by atoms with van der Waals surface area (Å²) in [5, 5.41) is 24.0. The molecule has 0 atom stereocenters. The third-order valence-electron chi connectivity index (χ3n) is 6.74. The van der Waals surface area contributed by atoms with E-state index >= 15 is 0 Å². The van der Waals surface area contributed by atoms with E-state index < -0.39 is 0 Å². The van der Waals surface area contributed by atoms with Crippen molar-refractivity contribution in [2.75, 3.05) is 45.4 Å². The SMILES string of the molecule is CC1(CSCc2cc(O)ccc2O)COc2c(-c3scc4c3OCCO4)sc(-c3scc4c3OCCO4)c2OC1. The highest BCUT2D eigenvalue weighted by atomic mass is 32.2. The highest BCUT2D eigenvalue weighted by Crippen LogP contribution is 2.61. The fourth-order valence-corrected chi connectivity index (χ4v) is 9.26. The van der Waals surface area contributed by atoms with Crippen LogP contribution in [0.3, 0.4) is 0 Å². The predicted octanol–water partition coefficient (Wildman–Crippen LogP) is 6.87. The second-order valence-electron chi connectivity index (χ2n) is 10.0. The first-order valence-electron chi connectivity index (χ1n) is 12.7. The van der Waals surface area contributed by atoms with Crippen LogP contribution in [0, 0.1) is 5.41 Å². The summed E-state index contributed by atoms with van der Waals surface area (Å²) < 4.78 is 36.9. The zero-order valence-corrected chi connectivity index (χ0v) is 24.8. The van der Waals surface area contributed by atoms with Crippen molar-refractivity contribution in [2.24, 2.45) is 5.41 Å². The van der Waals surface area contributed by atoms with E-state index in [0.29, 0.717) is 62.5 Å². The van der Waals surface area contributed by atoms with Gasteiger partial charge in [-0.1, -0.05) is 6.92 Å². The molecule has 12 heteroatoms. The normalized spacial score (nSPS) is 16.9. The number of aromatic hydroxyl groups is 2. The van der Waals surface area contributed by atoms with Crippen LogP contribution in [0.5, 0.6) is 46.0 Å². The van der Waals surface area contributed by atoms with Crippen molar-refractivity contribution in [3.63, 3.8) is 0 Å². The molecule has 6 heterocycles. The van der Waals surface area contributed by atoms with E-state index in [4.69, 9.17) is 28.4 Å². The molecule has 0 amide bonds. The third kappa shape index (κ3) is 4.70. The number of phenols is 2. The van der Waals surface area contributed by atoms with Crippen LogP contribution < -0.4 is 28.4 Å². The Kier molecular flexibility index (Phi) is 6.81. The van der Waals surface area contributed by atoms with Crippen LogP contribution in [0.15, 0.2) is 29.0 Å². The van der Waals surface area contributed by atoms with Crippen LogP contribution >= 0.6 is 45.8 Å². The van der Waals surface area contributed by atoms with Crippen molar-refractivity contribution in [3.05, 3.63) is 34.5 Å². The van der Waals surface area contributed by atoms with Gasteiger partial charge in [0.05, 0.1) is 32.7 Å². The second-order valence-corrected chi connectivity index (χ2v) is 13.8. The molecular weight excluding hydrogens is 593 g/mol. The Labute approximate surface area is 247 Å². The highest BCUT2D eigenvalue weighted by Gasteiger charge is 2.37. The molecule has 40 heavy (non-hydrogen) atoms. The van der Waals surface area contributed by atoms with Gasteiger partial charge >= 0.3 is 0 Å². The van der Waals surface area contributed by atoms with Gasteiger partial charge in [-0.2, -0.15) is 11.8 Å². The monoisotopic (exact) mass is 618 g/mol. The Morgan fingerprint density at radius 1 is 0.750 bits per heavy atom. The largest absolute Gasteiger partial charge is 0.508 e. The summed E-state index contributed by atoms with van der Waals surface area (Å²) >= 11 is 6.43. The third-order valence-corrected chi connectivity index (χ3v) is 11.5. The van der Waals surface area contributed by atoms with E-state index in [0.717, 1.165) is 48.3 Å². The highest BCUT2D eigenvalue weighted by molar-refractivity contribution is 7.98. The molecule has 7 rings (SSSR count). The molecule has 2 N–H and O–H groups in total. The topological polar surface area (TPSA) is 95.8 Å². The lowest BCUT2D eigenvalue weighted by molar-refractivity contribution is 0.145. The summed E-state index contributed by atoms with van der Waals surface area (Å²) in [6, 6.07) is 4.60. The molecule has 3 aliphatic heterocycles. The van der Waals surface area contributed by atoms with Gasteiger partial charge < -0.3 is 38.6 Å². The van der Waals surface area contributed by atoms with Gasteiger partial charge in [-0.3, -0.25) is 0 Å². The first kappa shape index (κ1) is 26.0. The van der Waals surface area contributed by atoms with E-state index in [1.54, 1.807) is 51.8 Å². The van der Waals surface area contributed by atoms with Crippen molar-refractivity contribution >= 4 is 45.8 Å². The molecule has 0 saturated heterocycles. The van der Waals surface area contributed by atoms with Crippen LogP contribution in [0.2, 0.25) is 0 Å². The number of thiophene rings is 3. The number of ether oxygens (including phenoxy) is 6. The predicted molar refractivity (Wildman–Crippen MR) is 158 cm³/mol. The first-order valence-corrected chi connectivity index (χ1v) is 16.5. The molecule has 0 saturated carbocycles. The average molecular weight is 619 g/mol. The fraction of sp³-hybridized carbons (Fsp3) is 0.357. The number of hydrogen-bond acceptors (Lipinski definition) is 12. The van der Waals surface area contributed by atoms with E-state index in [-0.39, 0.29) is 16.9 Å². The summed E-state index contributed by atoms with van der Waals surface area (Å²) in [5.41, 5.74) is 0.396. The quantitative estimate of drug-likeness (QED) is 0.225. The molecule has 4 aromatic rings. The van der Waals surface area contributed by atoms with E-state index in [9.17, 15) is 10.2 Å². The van der Waals surface area contributed by atoms with Gasteiger partial charge in [-0.15, -0.1) is 34.0 Å². The molecular formula is C28H26O8S4. The Morgan fingerprint density at radius 3 is 1.93 bits per heavy atom. The van der Waals surface area contributed by atoms with Crippen molar-refractivity contribution in [3.8, 4) is 65.5 Å². The van der Waals surface area contributed by atoms with Crippen molar-refractivity contribution < 1.29 is 38.6 Å². The zero-order valence-electron chi connectivity index (χ0n) is 21.5. The van der Waals surface area contributed by atoms with Gasteiger partial charge in [0.2, 0.25) is 0 Å². The minimum absolute atomic E-state index is 0.139. The summed E-state index contributed by atoms with van der Waals surface area (Å²) in [4.78, 5) is 3.82. The number of thioether (sulfide) groups is 1. The molecule has 8 nitrogen and oxygen atoms in total. The minimum Gasteiger partial charge on any atom is -0.508 e. The second kappa shape index (κ2) is 10.5. The van der Waals surface area contributed by atoms with Gasteiger partial charge in [0.25, 0.3) is 0 Å². The lowest BCUT2D eigenvalue weighted by Gasteiger charge is -2.26. The maximum absolute atomic E-state index is 10.2. The van der Waals surface area contributed by atoms with Gasteiger partial charge in [0, 0.05) is 33.2 Å². The summed E-state index contributed by atoms with van der Waals surface area (Å²) in [6.45, 7) is 5.12. The Balaban J connectivity index is 1.21. The Morgan fingerprint density at radius 2 is 1.32 bits per heavy atom. The van der Waals surface area contributed by atoms with Gasteiger partial charge in [-0.25, -0.2) is 0 Å². The molecule has 0 radical (unpaired) electrons. The van der Waals surface area contributed by atoms with Gasteiger partial charge in [-0.05, 0) is 18.2 Å². The Bertz CT molecular complexity index is 1470. The molecule has 0 fully saturated rings. The minimum atomic E-state index is -0.300. The molecule has 0 unspecified atom stereocenters. The Hall–Kier alpha value is -2.93. The van der Waals surface area contributed by atoms with E-state index in [1.807, 2.05) is 10.8 Å². The summed E-state index contributed by atoms with van der Waals surface area (Å²) in [7, 11) is 0. The summed E-state index contributed by atoms with van der Waals surface area (Å²) in [6.07, 6.45) is 0. The first-order chi connectivity index (χ1) is 19.5. The van der Waals surface area contributed by atoms with Crippen molar-refractivity contribution in [2.45, 2.75) is 12.7 Å². The lowest BCUT2D eigenvalue weighted by atomic mass is 9.96. The van der Waals surface area contributed by atoms with Crippen LogP contribution in [-0.4, -0.2) is 55.6 Å². The average Bonchev–Trinajstić information content (AvgIpc) is 3.64. The van der Waals surface area contributed by atoms with Gasteiger partial charge in [0.15, 0.2) is 34.5 Å². The fourth-order valence-electron chi connectivity index (χ4n) is 4.71. The number of hydrogen-bond donors (Lipinski definition) is 2. The lowest BCUT2D eigenvalue weighted by Crippen LogP contribution is -2.32. The molecule has 1 aromatic carbocycles. The van der Waals surface area contributed by atoms with Gasteiger partial charge in [0.1, 0.15) is 37.9 Å². The van der Waals surface area contributed by atoms with Crippen LogP contribution in [-0.2, 0) is 5.75 Å². The van der Waals surface area contributed by atoms with E-state index in [2.05, 4.69) is 6.92 Å². The number of phenolic OH excluding ortho intramolecular Hbond substituents is 2. The zero-order chi connectivity index (χ0) is 27.3. The molecule has 0 aliphatic carbocycles. The molecule has 210 valence electrons. The van der Waals surface area contributed by atoms with Crippen LogP contribution in [0.1, 0.15) is 12.5 Å².